The molecule has 0 radical (unpaired) electrons. The van der Waals surface area contributed by atoms with Crippen molar-refractivity contribution >= 4 is 0 Å². The molecule has 4 heteroatoms. The second kappa shape index (κ2) is 4.67. The molecule has 0 amide bonds. The number of imidazole rings is 1. The van der Waals surface area contributed by atoms with Gasteiger partial charge >= 0.3 is 0 Å². The highest BCUT2D eigenvalue weighted by atomic mass is 19.1. The van der Waals surface area contributed by atoms with Crippen LogP contribution in [0.15, 0.2) is 30.7 Å². The molecule has 0 aliphatic carbocycles. The minimum atomic E-state index is -0.212. The summed E-state index contributed by atoms with van der Waals surface area (Å²) in [7, 11) is 3.71. The Hall–Kier alpha value is -1.68. The molecule has 0 saturated heterocycles. The molecule has 0 spiro atoms. The van der Waals surface area contributed by atoms with Crippen LogP contribution in [-0.2, 0) is 7.05 Å². The number of hydrogen-bond donors (Lipinski definition) is 1. The summed E-state index contributed by atoms with van der Waals surface area (Å²) in [5, 5.41) is 3.10. The molecule has 1 heterocycles. The lowest BCUT2D eigenvalue weighted by molar-refractivity contribution is 0.570. The fourth-order valence-electron chi connectivity index (χ4n) is 1.93. The van der Waals surface area contributed by atoms with Crippen molar-refractivity contribution < 1.29 is 4.39 Å². The molecule has 1 N–H and O–H groups in total. The van der Waals surface area contributed by atoms with Crippen LogP contribution in [0.4, 0.5) is 4.39 Å². The zero-order valence-electron chi connectivity index (χ0n) is 10.2. The summed E-state index contributed by atoms with van der Waals surface area (Å²) in [6.45, 7) is 1.95. The highest BCUT2D eigenvalue weighted by Crippen LogP contribution is 2.23. The molecule has 3 nitrogen and oxygen atoms in total. The lowest BCUT2D eigenvalue weighted by atomic mass is 10.0. The van der Waals surface area contributed by atoms with Gasteiger partial charge in [-0.1, -0.05) is 17.7 Å². The fraction of sp³-hybridized carbons (Fsp3) is 0.308. The van der Waals surface area contributed by atoms with Gasteiger partial charge in [-0.25, -0.2) is 9.37 Å². The van der Waals surface area contributed by atoms with E-state index in [1.54, 1.807) is 19.4 Å². The Bertz CT molecular complexity index is 519. The minimum absolute atomic E-state index is 0.208. The molecule has 2 rings (SSSR count). The standard InChI is InChI=1S/C13H16FN3/c1-9-4-5-11(14)10(6-9)13(15-2)12-7-17(3)8-16-12/h4-8,13,15H,1-3H3. The molecule has 1 aromatic heterocycles. The first-order valence-electron chi connectivity index (χ1n) is 5.53. The van der Waals surface area contributed by atoms with Crippen molar-refractivity contribution in [3.8, 4) is 0 Å². The van der Waals surface area contributed by atoms with E-state index < -0.39 is 0 Å². The van der Waals surface area contributed by atoms with E-state index in [9.17, 15) is 4.39 Å². The van der Waals surface area contributed by atoms with Crippen LogP contribution in [0, 0.1) is 12.7 Å². The monoisotopic (exact) mass is 233 g/mol. The largest absolute Gasteiger partial charge is 0.340 e. The quantitative estimate of drug-likeness (QED) is 0.880. The van der Waals surface area contributed by atoms with Crippen LogP contribution in [0.3, 0.4) is 0 Å². The maximum atomic E-state index is 13.8. The molecule has 0 fully saturated rings. The van der Waals surface area contributed by atoms with E-state index in [4.69, 9.17) is 0 Å². The van der Waals surface area contributed by atoms with Gasteiger partial charge in [0, 0.05) is 18.8 Å². The first-order chi connectivity index (χ1) is 8.11. The normalized spacial score (nSPS) is 12.7. The number of aromatic nitrogens is 2. The third kappa shape index (κ3) is 2.36. The van der Waals surface area contributed by atoms with Gasteiger partial charge in [-0.15, -0.1) is 0 Å². The number of aryl methyl sites for hydroxylation is 2. The van der Waals surface area contributed by atoms with Gasteiger partial charge in [0.2, 0.25) is 0 Å². The molecule has 1 aromatic carbocycles. The van der Waals surface area contributed by atoms with Crippen molar-refractivity contribution in [2.24, 2.45) is 7.05 Å². The van der Waals surface area contributed by atoms with Crippen molar-refractivity contribution in [3.05, 3.63) is 53.4 Å². The van der Waals surface area contributed by atoms with E-state index >= 15 is 0 Å². The van der Waals surface area contributed by atoms with Gasteiger partial charge in [0.1, 0.15) is 5.82 Å². The molecular weight excluding hydrogens is 217 g/mol. The van der Waals surface area contributed by atoms with E-state index in [-0.39, 0.29) is 11.9 Å². The third-order valence-corrected chi connectivity index (χ3v) is 2.77. The highest BCUT2D eigenvalue weighted by Gasteiger charge is 2.18. The summed E-state index contributed by atoms with van der Waals surface area (Å²) in [5.74, 6) is -0.208. The van der Waals surface area contributed by atoms with E-state index in [0.717, 1.165) is 11.3 Å². The molecule has 0 aliphatic heterocycles. The van der Waals surface area contributed by atoms with E-state index in [0.29, 0.717) is 5.56 Å². The van der Waals surface area contributed by atoms with Gasteiger partial charge < -0.3 is 9.88 Å². The topological polar surface area (TPSA) is 29.9 Å². The van der Waals surface area contributed by atoms with Gasteiger partial charge in [-0.05, 0) is 20.0 Å². The summed E-state index contributed by atoms with van der Waals surface area (Å²) in [6, 6.07) is 4.91. The predicted octanol–water partition coefficient (Wildman–Crippen LogP) is 2.18. The smallest absolute Gasteiger partial charge is 0.128 e. The van der Waals surface area contributed by atoms with Crippen LogP contribution in [-0.4, -0.2) is 16.6 Å². The third-order valence-electron chi connectivity index (χ3n) is 2.77. The van der Waals surface area contributed by atoms with Crippen molar-refractivity contribution in [3.63, 3.8) is 0 Å². The zero-order valence-corrected chi connectivity index (χ0v) is 10.2. The Kier molecular flexibility index (Phi) is 3.24. The van der Waals surface area contributed by atoms with Crippen LogP contribution in [0.2, 0.25) is 0 Å². The predicted molar refractivity (Wildman–Crippen MR) is 65.2 cm³/mol. The van der Waals surface area contributed by atoms with Crippen LogP contribution >= 0.6 is 0 Å². The molecule has 90 valence electrons. The van der Waals surface area contributed by atoms with Crippen LogP contribution in [0.1, 0.15) is 22.9 Å². The number of hydrogen-bond acceptors (Lipinski definition) is 2. The SMILES string of the molecule is CNC(c1cn(C)cn1)c1cc(C)ccc1F. The van der Waals surface area contributed by atoms with Crippen molar-refractivity contribution in [2.45, 2.75) is 13.0 Å². The summed E-state index contributed by atoms with van der Waals surface area (Å²) >= 11 is 0. The van der Waals surface area contributed by atoms with Gasteiger partial charge in [-0.3, -0.25) is 0 Å². The zero-order chi connectivity index (χ0) is 12.4. The van der Waals surface area contributed by atoms with Gasteiger partial charge in [0.25, 0.3) is 0 Å². The number of nitrogens with zero attached hydrogens (tertiary/aromatic N) is 2. The van der Waals surface area contributed by atoms with Crippen molar-refractivity contribution in [2.75, 3.05) is 7.05 Å². The maximum absolute atomic E-state index is 13.8. The molecule has 2 aromatic rings. The number of halogens is 1. The lowest BCUT2D eigenvalue weighted by Gasteiger charge is -2.15. The van der Waals surface area contributed by atoms with Crippen LogP contribution < -0.4 is 5.32 Å². The highest BCUT2D eigenvalue weighted by molar-refractivity contribution is 5.31. The summed E-state index contributed by atoms with van der Waals surface area (Å²) in [6.07, 6.45) is 3.61. The van der Waals surface area contributed by atoms with Crippen LogP contribution in [0.25, 0.3) is 0 Å². The van der Waals surface area contributed by atoms with Crippen molar-refractivity contribution in [1.29, 1.82) is 0 Å². The fourth-order valence-corrected chi connectivity index (χ4v) is 1.93. The first-order valence-corrected chi connectivity index (χ1v) is 5.53. The molecular formula is C13H16FN3. The van der Waals surface area contributed by atoms with Gasteiger partial charge in [0.05, 0.1) is 18.1 Å². The Morgan fingerprint density at radius 3 is 2.76 bits per heavy atom. The van der Waals surface area contributed by atoms with E-state index in [2.05, 4.69) is 10.3 Å². The average Bonchev–Trinajstić information content (AvgIpc) is 2.71. The molecule has 0 aliphatic rings. The summed E-state index contributed by atoms with van der Waals surface area (Å²) in [5.41, 5.74) is 2.49. The minimum Gasteiger partial charge on any atom is -0.340 e. The lowest BCUT2D eigenvalue weighted by Crippen LogP contribution is -2.19. The summed E-state index contributed by atoms with van der Waals surface area (Å²) < 4.78 is 15.7. The van der Waals surface area contributed by atoms with Crippen LogP contribution in [0.5, 0.6) is 0 Å². The molecule has 0 saturated carbocycles. The second-order valence-corrected chi connectivity index (χ2v) is 4.21. The number of rotatable bonds is 3. The van der Waals surface area contributed by atoms with E-state index in [1.807, 2.05) is 30.8 Å². The molecule has 1 atom stereocenters. The Labute approximate surface area is 100 Å². The number of benzene rings is 1. The Morgan fingerprint density at radius 1 is 1.41 bits per heavy atom. The Balaban J connectivity index is 2.45. The van der Waals surface area contributed by atoms with E-state index in [1.165, 1.54) is 6.07 Å². The average molecular weight is 233 g/mol. The molecule has 0 bridgehead atoms. The second-order valence-electron chi connectivity index (χ2n) is 4.21. The molecule has 17 heavy (non-hydrogen) atoms. The van der Waals surface area contributed by atoms with Gasteiger partial charge in [-0.2, -0.15) is 0 Å². The molecule has 1 unspecified atom stereocenters. The Morgan fingerprint density at radius 2 is 2.18 bits per heavy atom. The van der Waals surface area contributed by atoms with Gasteiger partial charge in [0.15, 0.2) is 0 Å². The maximum Gasteiger partial charge on any atom is 0.128 e. The summed E-state index contributed by atoms with van der Waals surface area (Å²) in [4.78, 5) is 4.27. The van der Waals surface area contributed by atoms with Crippen molar-refractivity contribution in [1.82, 2.24) is 14.9 Å². The first kappa shape index (κ1) is 11.8. The number of nitrogens with one attached hydrogen (secondary N) is 1.